The number of hydrogen-bond acceptors (Lipinski definition) is 3. The quantitative estimate of drug-likeness (QED) is 0.851. The first-order chi connectivity index (χ1) is 9.33. The summed E-state index contributed by atoms with van der Waals surface area (Å²) in [5, 5.41) is 3.27. The van der Waals surface area contributed by atoms with Gasteiger partial charge in [0.05, 0.1) is 6.54 Å². The Kier molecular flexibility index (Phi) is 4.86. The van der Waals surface area contributed by atoms with Gasteiger partial charge >= 0.3 is 5.97 Å². The fourth-order valence-electron chi connectivity index (χ4n) is 2.42. The third-order valence-corrected chi connectivity index (χ3v) is 3.91. The Balaban J connectivity index is 1.71. The minimum absolute atomic E-state index is 0.177. The Labute approximate surface area is 129 Å². The highest BCUT2D eigenvalue weighted by Crippen LogP contribution is 2.37. The molecular weight excluding hydrogens is 318 g/mol. The van der Waals surface area contributed by atoms with E-state index >= 15 is 0 Å². The number of rotatable bonds is 4. The normalized spacial score (nSPS) is 22.2. The Bertz CT molecular complexity index is 476. The highest BCUT2D eigenvalue weighted by molar-refractivity contribution is 9.10. The van der Waals surface area contributed by atoms with Crippen LogP contribution in [0.2, 0.25) is 0 Å². The van der Waals surface area contributed by atoms with Crippen molar-refractivity contribution < 1.29 is 9.53 Å². The summed E-state index contributed by atoms with van der Waals surface area (Å²) in [5.74, 6) is 0.423. The molecule has 0 bridgehead atoms. The molecule has 1 aliphatic rings. The summed E-state index contributed by atoms with van der Waals surface area (Å²) in [6.45, 7) is 5.96. The van der Waals surface area contributed by atoms with Crippen molar-refractivity contribution in [1.82, 2.24) is 5.32 Å². The van der Waals surface area contributed by atoms with Gasteiger partial charge in [-0.05, 0) is 57.2 Å². The first kappa shape index (κ1) is 15.5. The summed E-state index contributed by atoms with van der Waals surface area (Å²) < 4.78 is 6.40. The fraction of sp³-hybridized carbons (Fsp3) is 0.562. The van der Waals surface area contributed by atoms with Gasteiger partial charge in [-0.3, -0.25) is 4.79 Å². The van der Waals surface area contributed by atoms with E-state index in [-0.39, 0.29) is 5.97 Å². The molecule has 1 aromatic carbocycles. The highest BCUT2D eigenvalue weighted by Gasteiger charge is 2.30. The van der Waals surface area contributed by atoms with Gasteiger partial charge in [0.25, 0.3) is 0 Å². The molecule has 2 rings (SSSR count). The van der Waals surface area contributed by atoms with Gasteiger partial charge in [0.15, 0.2) is 0 Å². The Hall–Kier alpha value is -0.870. The monoisotopic (exact) mass is 339 g/mol. The summed E-state index contributed by atoms with van der Waals surface area (Å²) in [7, 11) is 0. The lowest BCUT2D eigenvalue weighted by atomic mass is 9.76. The van der Waals surface area contributed by atoms with Crippen LogP contribution >= 0.6 is 15.9 Å². The first-order valence-corrected chi connectivity index (χ1v) is 7.83. The zero-order valence-electron chi connectivity index (χ0n) is 12.3. The van der Waals surface area contributed by atoms with Gasteiger partial charge in [0.1, 0.15) is 5.60 Å². The average molecular weight is 340 g/mol. The number of esters is 1. The van der Waals surface area contributed by atoms with Crippen LogP contribution in [-0.4, -0.2) is 24.2 Å². The van der Waals surface area contributed by atoms with Crippen molar-refractivity contribution in [3.63, 3.8) is 0 Å². The molecule has 1 saturated carbocycles. The molecule has 0 spiro atoms. The molecule has 20 heavy (non-hydrogen) atoms. The molecule has 0 radical (unpaired) electrons. The Morgan fingerprint density at radius 2 is 2.10 bits per heavy atom. The van der Waals surface area contributed by atoms with Crippen molar-refractivity contribution >= 4 is 21.9 Å². The van der Waals surface area contributed by atoms with Gasteiger partial charge in [-0.15, -0.1) is 0 Å². The van der Waals surface area contributed by atoms with Crippen LogP contribution in [0.5, 0.6) is 0 Å². The number of carbonyl (C=O) groups is 1. The van der Waals surface area contributed by atoms with E-state index in [9.17, 15) is 4.79 Å². The van der Waals surface area contributed by atoms with E-state index in [1.807, 2.05) is 26.8 Å². The van der Waals surface area contributed by atoms with E-state index in [2.05, 4.69) is 39.4 Å². The van der Waals surface area contributed by atoms with Gasteiger partial charge in [-0.2, -0.15) is 0 Å². The summed E-state index contributed by atoms with van der Waals surface area (Å²) in [6.07, 6.45) is 2.17. The lowest BCUT2D eigenvalue weighted by Gasteiger charge is -2.36. The van der Waals surface area contributed by atoms with Gasteiger partial charge in [0, 0.05) is 10.5 Å². The highest BCUT2D eigenvalue weighted by atomic mass is 79.9. The summed E-state index contributed by atoms with van der Waals surface area (Å²) >= 11 is 3.50. The second-order valence-corrected chi connectivity index (χ2v) is 7.30. The van der Waals surface area contributed by atoms with Crippen molar-refractivity contribution in [2.24, 2.45) is 0 Å². The maximum atomic E-state index is 11.6. The van der Waals surface area contributed by atoms with Crippen LogP contribution in [0.4, 0.5) is 0 Å². The van der Waals surface area contributed by atoms with E-state index in [4.69, 9.17) is 4.74 Å². The number of benzene rings is 1. The zero-order valence-corrected chi connectivity index (χ0v) is 13.9. The molecule has 0 aliphatic heterocycles. The van der Waals surface area contributed by atoms with Crippen molar-refractivity contribution in [2.45, 2.75) is 51.2 Å². The number of nitrogens with one attached hydrogen (secondary N) is 1. The van der Waals surface area contributed by atoms with E-state index in [0.29, 0.717) is 18.5 Å². The average Bonchev–Trinajstić information content (AvgIpc) is 2.24. The van der Waals surface area contributed by atoms with Crippen LogP contribution in [0.25, 0.3) is 0 Å². The first-order valence-electron chi connectivity index (χ1n) is 7.04. The van der Waals surface area contributed by atoms with Gasteiger partial charge in [-0.25, -0.2) is 0 Å². The number of halogens is 1. The second-order valence-electron chi connectivity index (χ2n) is 6.39. The lowest BCUT2D eigenvalue weighted by Crippen LogP contribution is -2.43. The Morgan fingerprint density at radius 1 is 1.40 bits per heavy atom. The summed E-state index contributed by atoms with van der Waals surface area (Å²) in [4.78, 5) is 11.6. The minimum Gasteiger partial charge on any atom is -0.459 e. The largest absolute Gasteiger partial charge is 0.459 e. The molecule has 0 atom stereocenters. The summed E-state index contributed by atoms with van der Waals surface area (Å²) in [6, 6.07) is 8.88. The minimum atomic E-state index is -0.406. The molecule has 1 fully saturated rings. The molecule has 1 N–H and O–H groups in total. The third kappa shape index (κ3) is 4.60. The van der Waals surface area contributed by atoms with Crippen molar-refractivity contribution in [3.8, 4) is 0 Å². The Morgan fingerprint density at radius 3 is 2.70 bits per heavy atom. The van der Waals surface area contributed by atoms with Crippen LogP contribution in [0.15, 0.2) is 28.7 Å². The smallest absolute Gasteiger partial charge is 0.320 e. The molecular formula is C16H22BrNO2. The molecule has 0 unspecified atom stereocenters. The van der Waals surface area contributed by atoms with Gasteiger partial charge in [0.2, 0.25) is 0 Å². The van der Waals surface area contributed by atoms with Crippen LogP contribution in [-0.2, 0) is 9.53 Å². The molecule has 1 aliphatic carbocycles. The fourth-order valence-corrected chi connectivity index (χ4v) is 2.84. The third-order valence-electron chi connectivity index (χ3n) is 3.41. The lowest BCUT2D eigenvalue weighted by molar-refractivity contribution is -0.153. The van der Waals surface area contributed by atoms with E-state index < -0.39 is 5.60 Å². The van der Waals surface area contributed by atoms with Crippen LogP contribution in [0.3, 0.4) is 0 Å². The molecule has 1 aromatic rings. The van der Waals surface area contributed by atoms with Crippen molar-refractivity contribution in [2.75, 3.05) is 6.54 Å². The zero-order chi connectivity index (χ0) is 14.8. The number of carbonyl (C=O) groups excluding carboxylic acids is 1. The predicted octanol–water partition coefficient (Wildman–Crippen LogP) is 3.63. The van der Waals surface area contributed by atoms with Gasteiger partial charge < -0.3 is 10.1 Å². The maximum absolute atomic E-state index is 11.6. The standard InChI is InChI=1S/C16H22BrNO2/c1-16(2,3)20-15(19)10-18-14-8-12(9-14)11-5-4-6-13(17)7-11/h4-7,12,14,18H,8-10H2,1-3H3. The molecule has 0 amide bonds. The number of hydrogen-bond donors (Lipinski definition) is 1. The van der Waals surface area contributed by atoms with Gasteiger partial charge in [-0.1, -0.05) is 28.1 Å². The molecule has 0 saturated heterocycles. The second kappa shape index (κ2) is 6.27. The van der Waals surface area contributed by atoms with E-state index in [1.165, 1.54) is 5.56 Å². The number of ether oxygens (including phenoxy) is 1. The molecule has 0 aromatic heterocycles. The van der Waals surface area contributed by atoms with Crippen LogP contribution in [0.1, 0.15) is 45.1 Å². The molecule has 0 heterocycles. The van der Waals surface area contributed by atoms with E-state index in [0.717, 1.165) is 17.3 Å². The van der Waals surface area contributed by atoms with Crippen LogP contribution in [0, 0.1) is 0 Å². The molecule has 110 valence electrons. The SMILES string of the molecule is CC(C)(C)OC(=O)CNC1CC(c2cccc(Br)c2)C1. The van der Waals surface area contributed by atoms with E-state index in [1.54, 1.807) is 0 Å². The topological polar surface area (TPSA) is 38.3 Å². The summed E-state index contributed by atoms with van der Waals surface area (Å²) in [5.41, 5.74) is 0.965. The molecule has 4 heteroatoms. The van der Waals surface area contributed by atoms with Crippen molar-refractivity contribution in [1.29, 1.82) is 0 Å². The van der Waals surface area contributed by atoms with Crippen LogP contribution < -0.4 is 5.32 Å². The van der Waals surface area contributed by atoms with Crippen molar-refractivity contribution in [3.05, 3.63) is 34.3 Å². The molecule has 3 nitrogen and oxygen atoms in total. The predicted molar refractivity (Wildman–Crippen MR) is 83.8 cm³/mol. The maximum Gasteiger partial charge on any atom is 0.320 e.